The number of carboxylic acid groups (broad SMARTS) is 1. The molecule has 5 nitrogen and oxygen atoms in total. The van der Waals surface area contributed by atoms with Crippen LogP contribution in [0.15, 0.2) is 0 Å². The molecule has 0 saturated carbocycles. The van der Waals surface area contributed by atoms with Crippen molar-refractivity contribution in [1.82, 2.24) is 10.2 Å². The molecule has 0 aromatic heterocycles. The number of carbonyl (C=O) groups excluding carboxylic acids is 1. The lowest BCUT2D eigenvalue weighted by Crippen LogP contribution is -2.44. The molecule has 0 aliphatic carbocycles. The lowest BCUT2D eigenvalue weighted by atomic mass is 10.2. The van der Waals surface area contributed by atoms with Crippen molar-refractivity contribution in [2.75, 3.05) is 13.6 Å². The zero-order valence-electron chi connectivity index (χ0n) is 12.0. The third-order valence-corrected chi connectivity index (χ3v) is 2.47. The maximum absolute atomic E-state index is 12.3. The van der Waals surface area contributed by atoms with Crippen LogP contribution < -0.4 is 5.32 Å². The van der Waals surface area contributed by atoms with E-state index in [-0.39, 0.29) is 6.04 Å². The number of carbonyl (C=O) groups is 2. The van der Waals surface area contributed by atoms with Gasteiger partial charge in [-0.25, -0.2) is 9.18 Å². The summed E-state index contributed by atoms with van der Waals surface area (Å²) in [5.74, 6) is -3.52. The van der Waals surface area contributed by atoms with Crippen LogP contribution in [0.5, 0.6) is 0 Å². The molecule has 2 N–H and O–H groups in total. The summed E-state index contributed by atoms with van der Waals surface area (Å²) >= 11 is 4.98. The Morgan fingerprint density at radius 2 is 1.67 bits per heavy atom. The first-order valence-electron chi connectivity index (χ1n) is 5.87. The van der Waals surface area contributed by atoms with Crippen LogP contribution in [0.4, 0.5) is 17.6 Å². The number of halogens is 5. The van der Waals surface area contributed by atoms with Crippen molar-refractivity contribution in [3.63, 3.8) is 0 Å². The molecule has 0 saturated heterocycles. The summed E-state index contributed by atoms with van der Waals surface area (Å²) in [7, 11) is 1.95. The first-order valence-corrected chi connectivity index (χ1v) is 6.31. The predicted molar refractivity (Wildman–Crippen MR) is 69.8 cm³/mol. The Morgan fingerprint density at radius 1 is 1.29 bits per heavy atom. The highest BCUT2D eigenvalue weighted by atomic mass is 35.5. The normalized spacial score (nSPS) is 14.2. The second kappa shape index (κ2) is 9.78. The zero-order valence-corrected chi connectivity index (χ0v) is 12.8. The van der Waals surface area contributed by atoms with Crippen molar-refractivity contribution in [3.8, 4) is 0 Å². The average Bonchev–Trinajstić information content (AvgIpc) is 2.27. The second-order valence-electron chi connectivity index (χ2n) is 4.55. The standard InChI is InChI=1S/C9H18ClFN2O.C2HF3O2/c1-6(2)13(4)5-7(3)12-9(14)8(10)11;3-2(4,5)1(6)7/h6-8H,5H2,1-4H3,(H,12,14);(H,6,7)/t7-,8?;/m1./s1. The van der Waals surface area contributed by atoms with E-state index < -0.39 is 23.7 Å². The van der Waals surface area contributed by atoms with Gasteiger partial charge in [0.05, 0.1) is 0 Å². The van der Waals surface area contributed by atoms with Crippen molar-refractivity contribution >= 4 is 23.5 Å². The minimum absolute atomic E-state index is 0.105. The lowest BCUT2D eigenvalue weighted by molar-refractivity contribution is -0.192. The summed E-state index contributed by atoms with van der Waals surface area (Å²) in [6, 6.07) is 0.290. The zero-order chi connectivity index (χ0) is 17.4. The van der Waals surface area contributed by atoms with Crippen LogP contribution in [-0.2, 0) is 9.59 Å². The molecule has 10 heteroatoms. The fourth-order valence-corrected chi connectivity index (χ4v) is 1.06. The van der Waals surface area contributed by atoms with Gasteiger partial charge in [0, 0.05) is 18.6 Å². The molecular weight excluding hydrogens is 320 g/mol. The van der Waals surface area contributed by atoms with E-state index in [2.05, 4.69) is 10.2 Å². The Bertz CT molecular complexity index is 338. The molecule has 0 spiro atoms. The Morgan fingerprint density at radius 3 is 1.90 bits per heavy atom. The molecule has 0 rings (SSSR count). The molecule has 0 radical (unpaired) electrons. The minimum Gasteiger partial charge on any atom is -0.475 e. The Labute approximate surface area is 125 Å². The molecule has 0 aliphatic rings. The van der Waals surface area contributed by atoms with Crippen LogP contribution in [0.25, 0.3) is 0 Å². The number of likely N-dealkylation sites (N-methyl/N-ethyl adjacent to an activating group) is 1. The third kappa shape index (κ3) is 12.4. The number of aliphatic carboxylic acids is 1. The minimum atomic E-state index is -5.08. The summed E-state index contributed by atoms with van der Waals surface area (Å²) in [6.07, 6.45) is -5.08. The van der Waals surface area contributed by atoms with Gasteiger partial charge in [0.15, 0.2) is 0 Å². The molecule has 0 fully saturated rings. The van der Waals surface area contributed by atoms with E-state index in [1.807, 2.05) is 27.8 Å². The predicted octanol–water partition coefficient (Wildman–Crippen LogP) is 2.00. The average molecular weight is 339 g/mol. The number of hydrogen-bond acceptors (Lipinski definition) is 3. The summed E-state index contributed by atoms with van der Waals surface area (Å²) in [5.41, 5.74) is -1.96. The summed E-state index contributed by atoms with van der Waals surface area (Å²) in [5, 5.41) is 9.60. The molecule has 0 bridgehead atoms. The van der Waals surface area contributed by atoms with Gasteiger partial charge < -0.3 is 15.3 Å². The number of hydrogen-bond donors (Lipinski definition) is 2. The molecule has 0 heterocycles. The molecule has 1 unspecified atom stereocenters. The van der Waals surface area contributed by atoms with Crippen LogP contribution in [0, 0.1) is 0 Å². The van der Waals surface area contributed by atoms with Crippen LogP contribution in [0.1, 0.15) is 20.8 Å². The van der Waals surface area contributed by atoms with Crippen molar-refractivity contribution in [2.24, 2.45) is 0 Å². The van der Waals surface area contributed by atoms with E-state index in [9.17, 15) is 22.4 Å². The van der Waals surface area contributed by atoms with Gasteiger partial charge in [-0.3, -0.25) is 4.79 Å². The fourth-order valence-electron chi connectivity index (χ4n) is 0.994. The molecule has 0 aliphatic heterocycles. The molecule has 2 atom stereocenters. The van der Waals surface area contributed by atoms with Gasteiger partial charge in [0.2, 0.25) is 0 Å². The highest BCUT2D eigenvalue weighted by Gasteiger charge is 2.38. The number of nitrogens with one attached hydrogen (secondary N) is 1. The third-order valence-electron chi connectivity index (χ3n) is 2.27. The van der Waals surface area contributed by atoms with Gasteiger partial charge in [0.1, 0.15) is 0 Å². The van der Waals surface area contributed by atoms with Crippen molar-refractivity contribution in [1.29, 1.82) is 0 Å². The first kappa shape index (κ1) is 22.2. The summed E-state index contributed by atoms with van der Waals surface area (Å²) < 4.78 is 44.0. The fraction of sp³-hybridized carbons (Fsp3) is 0.818. The van der Waals surface area contributed by atoms with E-state index in [0.717, 1.165) is 0 Å². The Hall–Kier alpha value is -1.09. The maximum atomic E-state index is 12.3. The van der Waals surface area contributed by atoms with Gasteiger partial charge in [-0.2, -0.15) is 13.2 Å². The Kier molecular flexibility index (Phi) is 10.3. The van der Waals surface area contributed by atoms with E-state index in [4.69, 9.17) is 21.5 Å². The highest BCUT2D eigenvalue weighted by molar-refractivity contribution is 6.29. The largest absolute Gasteiger partial charge is 0.490 e. The highest BCUT2D eigenvalue weighted by Crippen LogP contribution is 2.13. The van der Waals surface area contributed by atoms with E-state index in [1.54, 1.807) is 0 Å². The van der Waals surface area contributed by atoms with Gasteiger partial charge in [0.25, 0.3) is 11.5 Å². The van der Waals surface area contributed by atoms with Crippen LogP contribution in [0.2, 0.25) is 0 Å². The molecule has 1 amide bonds. The number of amides is 1. The topological polar surface area (TPSA) is 69.6 Å². The maximum Gasteiger partial charge on any atom is 0.490 e. The molecular formula is C11H19ClF4N2O3. The van der Waals surface area contributed by atoms with E-state index in [1.165, 1.54) is 0 Å². The van der Waals surface area contributed by atoms with Gasteiger partial charge in [-0.1, -0.05) is 11.6 Å². The monoisotopic (exact) mass is 338 g/mol. The van der Waals surface area contributed by atoms with Crippen molar-refractivity contribution < 1.29 is 32.3 Å². The molecule has 0 aromatic carbocycles. The molecule has 0 aromatic rings. The number of nitrogens with zero attached hydrogens (tertiary/aromatic N) is 1. The van der Waals surface area contributed by atoms with Gasteiger partial charge >= 0.3 is 12.1 Å². The van der Waals surface area contributed by atoms with E-state index >= 15 is 0 Å². The number of alkyl halides is 5. The van der Waals surface area contributed by atoms with Crippen molar-refractivity contribution in [2.45, 2.75) is 44.7 Å². The molecule has 126 valence electrons. The van der Waals surface area contributed by atoms with Gasteiger partial charge in [-0.05, 0) is 27.8 Å². The SMILES string of the molecule is CC(C)N(C)C[C@@H](C)NC(=O)C(F)Cl.O=C(O)C(F)(F)F. The van der Waals surface area contributed by atoms with Crippen molar-refractivity contribution in [3.05, 3.63) is 0 Å². The van der Waals surface area contributed by atoms with E-state index in [0.29, 0.717) is 12.6 Å². The smallest absolute Gasteiger partial charge is 0.475 e. The van der Waals surface area contributed by atoms with Gasteiger partial charge in [-0.15, -0.1) is 0 Å². The second-order valence-corrected chi connectivity index (χ2v) is 4.93. The first-order chi connectivity index (χ1) is 9.28. The van der Waals surface area contributed by atoms with Crippen LogP contribution in [0.3, 0.4) is 0 Å². The quantitative estimate of drug-likeness (QED) is 0.594. The molecule has 21 heavy (non-hydrogen) atoms. The lowest BCUT2D eigenvalue weighted by Gasteiger charge is -2.25. The number of carboxylic acids is 1. The number of rotatable bonds is 5. The van der Waals surface area contributed by atoms with Crippen LogP contribution >= 0.6 is 11.6 Å². The summed E-state index contributed by atoms with van der Waals surface area (Å²) in [4.78, 5) is 21.8. The Balaban J connectivity index is 0. The summed E-state index contributed by atoms with van der Waals surface area (Å²) in [6.45, 7) is 6.59. The van der Waals surface area contributed by atoms with Crippen LogP contribution in [-0.4, -0.2) is 59.4 Å².